The molecular weight excluding hydrogens is 264 g/mol. The van der Waals surface area contributed by atoms with E-state index in [1.165, 1.54) is 0 Å². The highest BCUT2D eigenvalue weighted by Crippen LogP contribution is 2.21. The van der Waals surface area contributed by atoms with Crippen LogP contribution in [0, 0.1) is 11.6 Å². The van der Waals surface area contributed by atoms with Crippen LogP contribution in [0.5, 0.6) is 5.75 Å². The second kappa shape index (κ2) is 6.45. The SMILES string of the molecule is NCc1ccc(C(O)COc2cc(F)ccc2F)cc1. The van der Waals surface area contributed by atoms with Crippen molar-refractivity contribution in [3.05, 3.63) is 65.2 Å². The van der Waals surface area contributed by atoms with Gasteiger partial charge in [-0.15, -0.1) is 0 Å². The molecule has 0 aliphatic rings. The van der Waals surface area contributed by atoms with E-state index in [1.54, 1.807) is 24.3 Å². The van der Waals surface area contributed by atoms with Gasteiger partial charge in [0.15, 0.2) is 11.6 Å². The van der Waals surface area contributed by atoms with E-state index in [-0.39, 0.29) is 12.4 Å². The van der Waals surface area contributed by atoms with Gasteiger partial charge in [-0.2, -0.15) is 0 Å². The lowest BCUT2D eigenvalue weighted by molar-refractivity contribution is 0.105. The van der Waals surface area contributed by atoms with Gasteiger partial charge in [0, 0.05) is 12.6 Å². The molecule has 0 spiro atoms. The molecule has 0 fully saturated rings. The Kier molecular flexibility index (Phi) is 4.65. The van der Waals surface area contributed by atoms with E-state index < -0.39 is 17.7 Å². The predicted octanol–water partition coefficient (Wildman–Crippen LogP) is 2.54. The number of hydrogen-bond donors (Lipinski definition) is 2. The molecule has 0 heterocycles. The molecule has 2 aromatic carbocycles. The predicted molar refractivity (Wildman–Crippen MR) is 71.1 cm³/mol. The number of aliphatic hydroxyl groups is 1. The van der Waals surface area contributed by atoms with Crippen LogP contribution < -0.4 is 10.5 Å². The molecule has 0 aromatic heterocycles. The average molecular weight is 279 g/mol. The Balaban J connectivity index is 2.00. The van der Waals surface area contributed by atoms with Crippen LogP contribution in [0.15, 0.2) is 42.5 Å². The van der Waals surface area contributed by atoms with Crippen molar-refractivity contribution in [1.82, 2.24) is 0 Å². The molecule has 2 aromatic rings. The van der Waals surface area contributed by atoms with Crippen molar-refractivity contribution >= 4 is 0 Å². The largest absolute Gasteiger partial charge is 0.487 e. The molecule has 3 nitrogen and oxygen atoms in total. The molecular formula is C15H15F2NO2. The van der Waals surface area contributed by atoms with Crippen LogP contribution in [0.1, 0.15) is 17.2 Å². The molecule has 5 heteroatoms. The Bertz CT molecular complexity index is 573. The minimum atomic E-state index is -0.926. The summed E-state index contributed by atoms with van der Waals surface area (Å²) in [4.78, 5) is 0. The summed E-state index contributed by atoms with van der Waals surface area (Å²) >= 11 is 0. The van der Waals surface area contributed by atoms with Crippen LogP contribution in [-0.4, -0.2) is 11.7 Å². The lowest BCUT2D eigenvalue weighted by atomic mass is 10.1. The van der Waals surface area contributed by atoms with Gasteiger partial charge in [-0.25, -0.2) is 8.78 Å². The first-order valence-corrected chi connectivity index (χ1v) is 6.15. The first-order chi connectivity index (χ1) is 9.60. The van der Waals surface area contributed by atoms with Crippen LogP contribution >= 0.6 is 0 Å². The van der Waals surface area contributed by atoms with E-state index in [0.29, 0.717) is 12.1 Å². The van der Waals surface area contributed by atoms with Crippen molar-refractivity contribution in [3.63, 3.8) is 0 Å². The van der Waals surface area contributed by atoms with Crippen molar-refractivity contribution in [3.8, 4) is 5.75 Å². The molecule has 1 atom stereocenters. The zero-order chi connectivity index (χ0) is 14.5. The minimum absolute atomic E-state index is 0.164. The topological polar surface area (TPSA) is 55.5 Å². The number of rotatable bonds is 5. The van der Waals surface area contributed by atoms with Crippen molar-refractivity contribution in [2.75, 3.05) is 6.61 Å². The van der Waals surface area contributed by atoms with Crippen LogP contribution in [0.2, 0.25) is 0 Å². The van der Waals surface area contributed by atoms with E-state index in [4.69, 9.17) is 10.5 Å². The molecule has 106 valence electrons. The second-order valence-corrected chi connectivity index (χ2v) is 4.35. The number of halogens is 2. The van der Waals surface area contributed by atoms with Crippen LogP contribution in [0.4, 0.5) is 8.78 Å². The lowest BCUT2D eigenvalue weighted by Gasteiger charge is -2.13. The van der Waals surface area contributed by atoms with Crippen molar-refractivity contribution in [2.45, 2.75) is 12.6 Å². The molecule has 0 aliphatic heterocycles. The first-order valence-electron chi connectivity index (χ1n) is 6.15. The Hall–Kier alpha value is -1.98. The van der Waals surface area contributed by atoms with Gasteiger partial charge in [0.1, 0.15) is 18.5 Å². The number of nitrogens with two attached hydrogens (primary N) is 1. The van der Waals surface area contributed by atoms with Crippen LogP contribution in [0.25, 0.3) is 0 Å². The zero-order valence-electron chi connectivity index (χ0n) is 10.7. The van der Waals surface area contributed by atoms with Crippen molar-refractivity contribution < 1.29 is 18.6 Å². The van der Waals surface area contributed by atoms with E-state index in [1.807, 2.05) is 0 Å². The lowest BCUT2D eigenvalue weighted by Crippen LogP contribution is -2.10. The summed E-state index contributed by atoms with van der Waals surface area (Å²) in [6.07, 6.45) is -0.926. The van der Waals surface area contributed by atoms with Gasteiger partial charge in [0.2, 0.25) is 0 Å². The van der Waals surface area contributed by atoms with Crippen LogP contribution in [0.3, 0.4) is 0 Å². The molecule has 0 saturated carbocycles. The number of aliphatic hydroxyl groups excluding tert-OH is 1. The number of ether oxygens (including phenoxy) is 1. The summed E-state index contributed by atoms with van der Waals surface area (Å²) in [6.45, 7) is 0.254. The molecule has 0 radical (unpaired) electrons. The number of benzene rings is 2. The van der Waals surface area contributed by atoms with Gasteiger partial charge in [-0.1, -0.05) is 24.3 Å². The van der Waals surface area contributed by atoms with Gasteiger partial charge in [-0.3, -0.25) is 0 Å². The Morgan fingerprint density at radius 3 is 2.45 bits per heavy atom. The third-order valence-corrected chi connectivity index (χ3v) is 2.89. The fourth-order valence-electron chi connectivity index (χ4n) is 1.73. The van der Waals surface area contributed by atoms with Gasteiger partial charge in [0.25, 0.3) is 0 Å². The maximum Gasteiger partial charge on any atom is 0.165 e. The summed E-state index contributed by atoms with van der Waals surface area (Å²) in [5, 5.41) is 9.93. The molecule has 3 N–H and O–H groups in total. The average Bonchev–Trinajstić information content (AvgIpc) is 2.48. The smallest absolute Gasteiger partial charge is 0.165 e. The quantitative estimate of drug-likeness (QED) is 0.884. The van der Waals surface area contributed by atoms with Crippen LogP contribution in [-0.2, 0) is 6.54 Å². The Morgan fingerprint density at radius 2 is 1.80 bits per heavy atom. The van der Waals surface area contributed by atoms with Gasteiger partial charge in [0.05, 0.1) is 0 Å². The highest BCUT2D eigenvalue weighted by atomic mass is 19.1. The van der Waals surface area contributed by atoms with E-state index in [9.17, 15) is 13.9 Å². The summed E-state index contributed by atoms with van der Waals surface area (Å²) in [6, 6.07) is 9.95. The van der Waals surface area contributed by atoms with E-state index in [2.05, 4.69) is 0 Å². The molecule has 0 amide bonds. The third-order valence-electron chi connectivity index (χ3n) is 2.89. The Labute approximate surface area is 115 Å². The summed E-state index contributed by atoms with van der Waals surface area (Å²) in [5.74, 6) is -1.48. The zero-order valence-corrected chi connectivity index (χ0v) is 10.7. The molecule has 0 saturated heterocycles. The fourth-order valence-corrected chi connectivity index (χ4v) is 1.73. The van der Waals surface area contributed by atoms with Crippen molar-refractivity contribution in [1.29, 1.82) is 0 Å². The summed E-state index contributed by atoms with van der Waals surface area (Å²) in [7, 11) is 0. The highest BCUT2D eigenvalue weighted by molar-refractivity contribution is 5.26. The normalized spacial score (nSPS) is 12.2. The molecule has 1 unspecified atom stereocenters. The number of hydrogen-bond acceptors (Lipinski definition) is 3. The third kappa shape index (κ3) is 3.53. The molecule has 0 bridgehead atoms. The standard InChI is InChI=1S/C15H15F2NO2/c16-12-5-6-13(17)15(7-12)20-9-14(19)11-3-1-10(8-18)2-4-11/h1-7,14,19H,8-9,18H2. The maximum atomic E-state index is 13.3. The first kappa shape index (κ1) is 14.4. The van der Waals surface area contributed by atoms with E-state index >= 15 is 0 Å². The monoisotopic (exact) mass is 279 g/mol. The van der Waals surface area contributed by atoms with Gasteiger partial charge in [-0.05, 0) is 23.3 Å². The summed E-state index contributed by atoms with van der Waals surface area (Å²) in [5.41, 5.74) is 7.04. The van der Waals surface area contributed by atoms with Gasteiger partial charge < -0.3 is 15.6 Å². The second-order valence-electron chi connectivity index (χ2n) is 4.35. The molecule has 20 heavy (non-hydrogen) atoms. The summed E-state index contributed by atoms with van der Waals surface area (Å²) < 4.78 is 31.4. The highest BCUT2D eigenvalue weighted by Gasteiger charge is 2.11. The maximum absolute atomic E-state index is 13.3. The molecule has 2 rings (SSSR count). The Morgan fingerprint density at radius 1 is 1.10 bits per heavy atom. The van der Waals surface area contributed by atoms with Gasteiger partial charge >= 0.3 is 0 Å². The molecule has 0 aliphatic carbocycles. The minimum Gasteiger partial charge on any atom is -0.487 e. The van der Waals surface area contributed by atoms with Crippen molar-refractivity contribution in [2.24, 2.45) is 5.73 Å². The van der Waals surface area contributed by atoms with E-state index in [0.717, 1.165) is 23.8 Å². The fraction of sp³-hybridized carbons (Fsp3) is 0.200.